The van der Waals surface area contributed by atoms with Crippen LogP contribution in [0.25, 0.3) is 0 Å². The minimum Gasteiger partial charge on any atom is -0.479 e. The standard InChI is InChI=1S/C11H15NO5/c1-8-11(17-7-10(14)15)9(13)3-4-12(8)5-6-16-2/h3-4H,5-7H2,1-2H3,(H,14,15). The highest BCUT2D eigenvalue weighted by molar-refractivity contribution is 5.68. The maximum atomic E-state index is 11.5. The molecule has 0 bridgehead atoms. The molecule has 6 nitrogen and oxygen atoms in total. The average Bonchev–Trinajstić information content (AvgIpc) is 2.27. The van der Waals surface area contributed by atoms with Crippen molar-refractivity contribution in [2.75, 3.05) is 20.3 Å². The fourth-order valence-corrected chi connectivity index (χ4v) is 1.40. The summed E-state index contributed by atoms with van der Waals surface area (Å²) in [5.41, 5.74) is 0.271. The molecule has 0 aliphatic heterocycles. The Morgan fingerprint density at radius 1 is 1.53 bits per heavy atom. The van der Waals surface area contributed by atoms with Gasteiger partial charge in [-0.15, -0.1) is 0 Å². The molecule has 6 heteroatoms. The SMILES string of the molecule is COCCn1ccc(=O)c(OCC(=O)O)c1C. The molecule has 0 saturated carbocycles. The highest BCUT2D eigenvalue weighted by Gasteiger charge is 2.10. The Hall–Kier alpha value is -1.82. The number of carbonyl (C=O) groups is 1. The van der Waals surface area contributed by atoms with Crippen molar-refractivity contribution in [1.82, 2.24) is 4.57 Å². The molecule has 0 aliphatic rings. The van der Waals surface area contributed by atoms with Crippen molar-refractivity contribution in [3.8, 4) is 5.75 Å². The van der Waals surface area contributed by atoms with Crippen LogP contribution in [0.4, 0.5) is 0 Å². The first-order valence-electron chi connectivity index (χ1n) is 5.10. The van der Waals surface area contributed by atoms with Crippen LogP contribution in [0.2, 0.25) is 0 Å². The molecule has 0 spiro atoms. The predicted octanol–water partition coefficient (Wildman–Crippen LogP) is 0.267. The number of carboxylic acids is 1. The van der Waals surface area contributed by atoms with Crippen molar-refractivity contribution >= 4 is 5.97 Å². The topological polar surface area (TPSA) is 77.8 Å². The van der Waals surface area contributed by atoms with E-state index in [2.05, 4.69) is 0 Å². The van der Waals surface area contributed by atoms with Crippen molar-refractivity contribution in [3.63, 3.8) is 0 Å². The summed E-state index contributed by atoms with van der Waals surface area (Å²) >= 11 is 0. The van der Waals surface area contributed by atoms with Gasteiger partial charge in [0.2, 0.25) is 5.43 Å². The highest BCUT2D eigenvalue weighted by atomic mass is 16.5. The van der Waals surface area contributed by atoms with E-state index in [1.807, 2.05) is 0 Å². The first-order valence-corrected chi connectivity index (χ1v) is 5.10. The van der Waals surface area contributed by atoms with Crippen LogP contribution in [0.5, 0.6) is 5.75 Å². The van der Waals surface area contributed by atoms with Gasteiger partial charge in [-0.05, 0) is 6.92 Å². The van der Waals surface area contributed by atoms with E-state index in [4.69, 9.17) is 14.6 Å². The quantitative estimate of drug-likeness (QED) is 0.773. The molecule has 94 valence electrons. The molecule has 1 N–H and O–H groups in total. The Kier molecular flexibility index (Phi) is 4.71. The lowest BCUT2D eigenvalue weighted by molar-refractivity contribution is -0.139. The van der Waals surface area contributed by atoms with E-state index < -0.39 is 12.6 Å². The Labute approximate surface area is 98.4 Å². The summed E-state index contributed by atoms with van der Waals surface area (Å²) in [7, 11) is 1.58. The molecule has 0 fully saturated rings. The summed E-state index contributed by atoms with van der Waals surface area (Å²) in [6.45, 7) is 2.26. The highest BCUT2D eigenvalue weighted by Crippen LogP contribution is 2.11. The van der Waals surface area contributed by atoms with Crippen molar-refractivity contribution in [1.29, 1.82) is 0 Å². The zero-order chi connectivity index (χ0) is 12.8. The van der Waals surface area contributed by atoms with Gasteiger partial charge >= 0.3 is 5.97 Å². The third kappa shape index (κ3) is 3.60. The number of carboxylic acid groups (broad SMARTS) is 1. The molecule has 1 heterocycles. The summed E-state index contributed by atoms with van der Waals surface area (Å²) in [6, 6.07) is 1.35. The number of methoxy groups -OCH3 is 1. The van der Waals surface area contributed by atoms with Gasteiger partial charge in [0.15, 0.2) is 12.4 Å². The molecule has 0 unspecified atom stereocenters. The van der Waals surface area contributed by atoms with Gasteiger partial charge in [0, 0.05) is 25.9 Å². The van der Waals surface area contributed by atoms with Crippen LogP contribution in [0, 0.1) is 6.92 Å². The Balaban J connectivity index is 2.94. The molecule has 0 radical (unpaired) electrons. The lowest BCUT2D eigenvalue weighted by Gasteiger charge is -2.13. The van der Waals surface area contributed by atoms with E-state index in [-0.39, 0.29) is 11.2 Å². The summed E-state index contributed by atoms with van der Waals surface area (Å²) in [6.07, 6.45) is 1.63. The molecule has 1 rings (SSSR count). The van der Waals surface area contributed by atoms with Gasteiger partial charge in [0.05, 0.1) is 12.3 Å². The summed E-state index contributed by atoms with van der Waals surface area (Å²) in [5.74, 6) is -1.04. The molecule has 0 amide bonds. The Morgan fingerprint density at radius 2 is 2.24 bits per heavy atom. The van der Waals surface area contributed by atoms with Crippen molar-refractivity contribution in [3.05, 3.63) is 28.2 Å². The fourth-order valence-electron chi connectivity index (χ4n) is 1.40. The molecular weight excluding hydrogens is 226 g/mol. The third-order valence-corrected chi connectivity index (χ3v) is 2.27. The van der Waals surface area contributed by atoms with Gasteiger partial charge in [0.25, 0.3) is 0 Å². The van der Waals surface area contributed by atoms with Crippen molar-refractivity contribution < 1.29 is 19.4 Å². The smallest absolute Gasteiger partial charge is 0.341 e. The number of ether oxygens (including phenoxy) is 2. The first-order chi connectivity index (χ1) is 8.06. The maximum Gasteiger partial charge on any atom is 0.341 e. The normalized spacial score (nSPS) is 10.2. The average molecular weight is 241 g/mol. The molecule has 0 saturated heterocycles. The zero-order valence-electron chi connectivity index (χ0n) is 9.80. The van der Waals surface area contributed by atoms with Gasteiger partial charge in [-0.1, -0.05) is 0 Å². The van der Waals surface area contributed by atoms with Gasteiger partial charge in [-0.3, -0.25) is 4.79 Å². The number of aliphatic carboxylic acids is 1. The Morgan fingerprint density at radius 3 is 2.82 bits per heavy atom. The second kappa shape index (κ2) is 6.05. The first kappa shape index (κ1) is 13.2. The van der Waals surface area contributed by atoms with Crippen LogP contribution in [0.15, 0.2) is 17.1 Å². The van der Waals surface area contributed by atoms with Crippen LogP contribution >= 0.6 is 0 Å². The van der Waals surface area contributed by atoms with Crippen LogP contribution in [-0.2, 0) is 16.1 Å². The van der Waals surface area contributed by atoms with Gasteiger partial charge in [0.1, 0.15) is 0 Å². The third-order valence-electron chi connectivity index (χ3n) is 2.27. The van der Waals surface area contributed by atoms with E-state index in [9.17, 15) is 9.59 Å². The largest absolute Gasteiger partial charge is 0.479 e. The van der Waals surface area contributed by atoms with Crippen LogP contribution in [0.3, 0.4) is 0 Å². The van der Waals surface area contributed by atoms with E-state index in [1.54, 1.807) is 24.8 Å². The number of hydrogen-bond donors (Lipinski definition) is 1. The van der Waals surface area contributed by atoms with Crippen molar-refractivity contribution in [2.24, 2.45) is 0 Å². The lowest BCUT2D eigenvalue weighted by atomic mass is 10.3. The van der Waals surface area contributed by atoms with E-state index in [0.29, 0.717) is 18.8 Å². The van der Waals surface area contributed by atoms with Crippen LogP contribution < -0.4 is 10.2 Å². The molecule has 0 atom stereocenters. The number of nitrogens with zero attached hydrogens (tertiary/aromatic N) is 1. The predicted molar refractivity (Wildman–Crippen MR) is 60.4 cm³/mol. The Bertz CT molecular complexity index is 452. The fraction of sp³-hybridized carbons (Fsp3) is 0.455. The maximum absolute atomic E-state index is 11.5. The second-order valence-electron chi connectivity index (χ2n) is 3.46. The second-order valence-corrected chi connectivity index (χ2v) is 3.46. The van der Waals surface area contributed by atoms with E-state index >= 15 is 0 Å². The monoisotopic (exact) mass is 241 g/mol. The number of pyridine rings is 1. The molecule has 1 aromatic rings. The molecule has 1 aromatic heterocycles. The number of aromatic nitrogens is 1. The number of rotatable bonds is 6. The van der Waals surface area contributed by atoms with Crippen LogP contribution in [0.1, 0.15) is 5.69 Å². The van der Waals surface area contributed by atoms with Gasteiger partial charge in [-0.2, -0.15) is 0 Å². The van der Waals surface area contributed by atoms with Gasteiger partial charge < -0.3 is 19.1 Å². The molecular formula is C11H15NO5. The zero-order valence-corrected chi connectivity index (χ0v) is 9.80. The van der Waals surface area contributed by atoms with Gasteiger partial charge in [-0.25, -0.2) is 4.79 Å². The number of hydrogen-bond acceptors (Lipinski definition) is 4. The molecule has 0 aliphatic carbocycles. The van der Waals surface area contributed by atoms with E-state index in [0.717, 1.165) is 0 Å². The minimum absolute atomic E-state index is 0.0750. The summed E-state index contributed by atoms with van der Waals surface area (Å²) in [4.78, 5) is 21.9. The molecule has 0 aromatic carbocycles. The van der Waals surface area contributed by atoms with Crippen LogP contribution in [-0.4, -0.2) is 36.0 Å². The van der Waals surface area contributed by atoms with E-state index in [1.165, 1.54) is 6.07 Å². The van der Waals surface area contributed by atoms with Crippen molar-refractivity contribution in [2.45, 2.75) is 13.5 Å². The summed E-state index contributed by atoms with van der Waals surface area (Å²) in [5, 5.41) is 8.51. The minimum atomic E-state index is -1.11. The lowest BCUT2D eigenvalue weighted by Crippen LogP contribution is -2.19. The molecule has 17 heavy (non-hydrogen) atoms. The summed E-state index contributed by atoms with van der Waals surface area (Å²) < 4.78 is 11.7.